The Bertz CT molecular complexity index is 402. The van der Waals surface area contributed by atoms with E-state index < -0.39 is 0 Å². The molecule has 4 heteroatoms. The molecule has 0 saturated carbocycles. The number of halogens is 1. The fourth-order valence-corrected chi connectivity index (χ4v) is 2.11. The highest BCUT2D eigenvalue weighted by atomic mass is 127. The number of aromatic nitrogens is 1. The Morgan fingerprint density at radius 3 is 2.93 bits per heavy atom. The third-order valence-corrected chi connectivity index (χ3v) is 3.22. The van der Waals surface area contributed by atoms with Crippen LogP contribution in [0.3, 0.4) is 0 Å². The summed E-state index contributed by atoms with van der Waals surface area (Å²) in [6, 6.07) is 7.96. The van der Waals surface area contributed by atoms with Crippen molar-refractivity contribution in [2.24, 2.45) is 0 Å². The van der Waals surface area contributed by atoms with Crippen molar-refractivity contribution in [3.05, 3.63) is 44.4 Å². The topological polar surface area (TPSA) is 22.1 Å². The number of thiazole rings is 1. The predicted octanol–water partition coefficient (Wildman–Crippen LogP) is 3.33. The maximum absolute atomic E-state index is 5.62. The third kappa shape index (κ3) is 2.45. The number of benzene rings is 1. The van der Waals surface area contributed by atoms with Crippen LogP contribution in [0.15, 0.2) is 35.2 Å². The lowest BCUT2D eigenvalue weighted by Gasteiger charge is -2.05. The van der Waals surface area contributed by atoms with Crippen LogP contribution in [-0.2, 0) is 6.61 Å². The van der Waals surface area contributed by atoms with E-state index in [4.69, 9.17) is 4.74 Å². The van der Waals surface area contributed by atoms with Gasteiger partial charge in [0, 0.05) is 5.38 Å². The highest BCUT2D eigenvalue weighted by Gasteiger charge is 2.00. The Morgan fingerprint density at radius 1 is 1.36 bits per heavy atom. The van der Waals surface area contributed by atoms with Crippen LogP contribution in [-0.4, -0.2) is 4.98 Å². The van der Waals surface area contributed by atoms with E-state index in [0.29, 0.717) is 6.61 Å². The van der Waals surface area contributed by atoms with Crippen molar-refractivity contribution in [1.82, 2.24) is 4.98 Å². The van der Waals surface area contributed by atoms with E-state index in [1.54, 1.807) is 11.3 Å². The first-order valence-corrected chi connectivity index (χ1v) is 6.13. The summed E-state index contributed by atoms with van der Waals surface area (Å²) in [6.45, 7) is 0.545. The van der Waals surface area contributed by atoms with Gasteiger partial charge in [0.05, 0.1) is 14.8 Å². The molecular weight excluding hydrogens is 309 g/mol. The number of hydrogen-bond donors (Lipinski definition) is 0. The van der Waals surface area contributed by atoms with Crippen molar-refractivity contribution in [3.8, 4) is 5.75 Å². The molecule has 0 fully saturated rings. The molecule has 0 aliphatic rings. The van der Waals surface area contributed by atoms with E-state index in [1.165, 1.54) is 0 Å². The summed E-state index contributed by atoms with van der Waals surface area (Å²) in [4.78, 5) is 4.15. The molecule has 0 spiro atoms. The fourth-order valence-electron chi connectivity index (χ4n) is 1.02. The Kier molecular flexibility index (Phi) is 3.36. The molecule has 72 valence electrons. The molecule has 2 nitrogen and oxygen atoms in total. The van der Waals surface area contributed by atoms with E-state index in [1.807, 2.05) is 35.2 Å². The van der Waals surface area contributed by atoms with Gasteiger partial charge in [-0.1, -0.05) is 12.1 Å². The molecule has 1 aromatic heterocycles. The number of hydrogen-bond acceptors (Lipinski definition) is 3. The zero-order valence-electron chi connectivity index (χ0n) is 7.31. The number of para-hydroxylation sites is 1. The van der Waals surface area contributed by atoms with Gasteiger partial charge in [0.2, 0.25) is 0 Å². The quantitative estimate of drug-likeness (QED) is 0.810. The van der Waals surface area contributed by atoms with Gasteiger partial charge < -0.3 is 4.74 Å². The summed E-state index contributed by atoms with van der Waals surface area (Å²) < 4.78 is 6.74. The van der Waals surface area contributed by atoms with Gasteiger partial charge in [0.15, 0.2) is 0 Å². The Hall–Kier alpha value is -0.620. The molecule has 2 aromatic rings. The van der Waals surface area contributed by atoms with Crippen LogP contribution in [0.2, 0.25) is 0 Å². The molecule has 1 heterocycles. The van der Waals surface area contributed by atoms with Crippen molar-refractivity contribution in [3.63, 3.8) is 0 Å². The maximum Gasteiger partial charge on any atom is 0.133 e. The van der Waals surface area contributed by atoms with Crippen LogP contribution in [0.25, 0.3) is 0 Å². The van der Waals surface area contributed by atoms with E-state index in [-0.39, 0.29) is 0 Å². The Balaban J connectivity index is 2.02. The number of nitrogens with zero attached hydrogens (tertiary/aromatic N) is 1. The molecule has 0 saturated heterocycles. The summed E-state index contributed by atoms with van der Waals surface area (Å²) >= 11 is 3.84. The first-order valence-electron chi connectivity index (χ1n) is 4.10. The van der Waals surface area contributed by atoms with Crippen LogP contribution in [0.4, 0.5) is 0 Å². The van der Waals surface area contributed by atoms with E-state index >= 15 is 0 Å². The molecule has 0 N–H and O–H groups in total. The molecule has 0 unspecified atom stereocenters. The average molecular weight is 317 g/mol. The monoisotopic (exact) mass is 317 g/mol. The van der Waals surface area contributed by atoms with Gasteiger partial charge in [-0.15, -0.1) is 11.3 Å². The second-order valence-electron chi connectivity index (χ2n) is 2.70. The van der Waals surface area contributed by atoms with Crippen molar-refractivity contribution in [2.75, 3.05) is 0 Å². The van der Waals surface area contributed by atoms with Crippen LogP contribution < -0.4 is 4.74 Å². The summed E-state index contributed by atoms with van der Waals surface area (Å²) in [6.07, 6.45) is 0. The van der Waals surface area contributed by atoms with Gasteiger partial charge in [-0.3, -0.25) is 0 Å². The molecule has 2 rings (SSSR count). The lowest BCUT2D eigenvalue weighted by Crippen LogP contribution is -1.96. The highest BCUT2D eigenvalue weighted by Crippen LogP contribution is 2.20. The number of rotatable bonds is 3. The van der Waals surface area contributed by atoms with Gasteiger partial charge in [0.25, 0.3) is 0 Å². The van der Waals surface area contributed by atoms with Gasteiger partial charge in [-0.05, 0) is 34.7 Å². The maximum atomic E-state index is 5.62. The first-order chi connectivity index (χ1) is 6.86. The predicted molar refractivity (Wildman–Crippen MR) is 65.6 cm³/mol. The fraction of sp³-hybridized carbons (Fsp3) is 0.100. The van der Waals surface area contributed by atoms with E-state index in [0.717, 1.165) is 15.0 Å². The second-order valence-corrected chi connectivity index (χ2v) is 4.58. The summed E-state index contributed by atoms with van der Waals surface area (Å²) in [5.74, 6) is 0.918. The smallest absolute Gasteiger partial charge is 0.133 e. The zero-order valence-corrected chi connectivity index (χ0v) is 10.3. The lowest BCUT2D eigenvalue weighted by molar-refractivity contribution is 0.300. The van der Waals surface area contributed by atoms with Crippen molar-refractivity contribution in [1.29, 1.82) is 0 Å². The molecule has 0 aliphatic heterocycles. The lowest BCUT2D eigenvalue weighted by atomic mass is 10.3. The van der Waals surface area contributed by atoms with Crippen LogP contribution >= 0.6 is 33.9 Å². The minimum Gasteiger partial charge on any atom is -0.486 e. The molecule has 0 bridgehead atoms. The first kappa shape index (κ1) is 9.92. The molecule has 1 aromatic carbocycles. The molecule has 0 atom stereocenters. The third-order valence-electron chi connectivity index (χ3n) is 1.70. The molecule has 14 heavy (non-hydrogen) atoms. The zero-order chi connectivity index (χ0) is 9.80. The van der Waals surface area contributed by atoms with Crippen molar-refractivity contribution < 1.29 is 4.74 Å². The van der Waals surface area contributed by atoms with Crippen molar-refractivity contribution >= 4 is 33.9 Å². The summed E-state index contributed by atoms with van der Waals surface area (Å²) in [7, 11) is 0. The largest absolute Gasteiger partial charge is 0.486 e. The number of ether oxygens (including phenoxy) is 1. The minimum atomic E-state index is 0.545. The molecule has 0 radical (unpaired) electrons. The average Bonchev–Trinajstić information content (AvgIpc) is 2.69. The Labute approximate surface area is 100 Å². The van der Waals surface area contributed by atoms with E-state index in [9.17, 15) is 0 Å². The van der Waals surface area contributed by atoms with Crippen LogP contribution in [0.5, 0.6) is 5.75 Å². The molecule has 0 amide bonds. The Morgan fingerprint density at radius 2 is 2.21 bits per heavy atom. The van der Waals surface area contributed by atoms with E-state index in [2.05, 4.69) is 27.6 Å². The molecular formula is C10H8INOS. The summed E-state index contributed by atoms with van der Waals surface area (Å²) in [5, 5.41) is 2.00. The van der Waals surface area contributed by atoms with Crippen LogP contribution in [0.1, 0.15) is 5.69 Å². The standard InChI is InChI=1S/C10H8INOS/c11-9-3-1-2-4-10(9)13-5-8-6-14-7-12-8/h1-4,6-7H,5H2. The SMILES string of the molecule is Ic1ccccc1OCc1cscn1. The minimum absolute atomic E-state index is 0.545. The normalized spacial score (nSPS) is 10.1. The van der Waals surface area contributed by atoms with Gasteiger partial charge in [0.1, 0.15) is 12.4 Å². The van der Waals surface area contributed by atoms with Gasteiger partial charge >= 0.3 is 0 Å². The second kappa shape index (κ2) is 4.75. The van der Waals surface area contributed by atoms with Gasteiger partial charge in [-0.2, -0.15) is 0 Å². The van der Waals surface area contributed by atoms with Gasteiger partial charge in [-0.25, -0.2) is 4.98 Å². The van der Waals surface area contributed by atoms with Crippen molar-refractivity contribution in [2.45, 2.75) is 6.61 Å². The molecule has 0 aliphatic carbocycles. The summed E-state index contributed by atoms with van der Waals surface area (Å²) in [5.41, 5.74) is 2.80. The van der Waals surface area contributed by atoms with Crippen LogP contribution in [0, 0.1) is 3.57 Å². The highest BCUT2D eigenvalue weighted by molar-refractivity contribution is 14.1.